The molecule has 2 N–H and O–H groups in total. The van der Waals surface area contributed by atoms with E-state index in [9.17, 15) is 35.9 Å². The molecular formula is C15H11F6N3O2S. The van der Waals surface area contributed by atoms with Gasteiger partial charge in [-0.05, 0) is 30.7 Å². The zero-order valence-electron chi connectivity index (χ0n) is 13.5. The minimum Gasteiger partial charge on any atom is -0.325 e. The van der Waals surface area contributed by atoms with Gasteiger partial charge >= 0.3 is 18.0 Å². The molecule has 0 aliphatic rings. The van der Waals surface area contributed by atoms with Crippen LogP contribution < -0.4 is 11.0 Å². The van der Waals surface area contributed by atoms with Crippen LogP contribution in [0.4, 0.5) is 32.0 Å². The lowest BCUT2D eigenvalue weighted by Gasteiger charge is -2.14. The maximum absolute atomic E-state index is 12.8. The zero-order chi connectivity index (χ0) is 20.4. The van der Waals surface area contributed by atoms with E-state index in [0.29, 0.717) is 22.7 Å². The summed E-state index contributed by atoms with van der Waals surface area (Å²) in [6.07, 6.45) is -8.76. The summed E-state index contributed by atoms with van der Waals surface area (Å²) in [5.74, 6) is -1.19. The minimum absolute atomic E-state index is 0.0323. The van der Waals surface area contributed by atoms with Gasteiger partial charge in [-0.2, -0.15) is 26.3 Å². The summed E-state index contributed by atoms with van der Waals surface area (Å²) in [6, 6.07) is 0.796. The van der Waals surface area contributed by atoms with Gasteiger partial charge in [-0.15, -0.1) is 0 Å². The molecule has 2 rings (SSSR count). The standard InChI is InChI=1S/C15H11F6N3O2S/c1-7-5-22-13(26)24-12(7)27-6-11(25)23-10-3-8(14(16,17)18)2-9(4-10)15(19,20)21/h2-5H,6H2,1H3,(H,23,25)(H,22,24,26). The average Bonchev–Trinajstić information content (AvgIpc) is 2.54. The number of aromatic amines is 1. The van der Waals surface area contributed by atoms with Gasteiger partial charge in [0.15, 0.2) is 0 Å². The van der Waals surface area contributed by atoms with Gasteiger partial charge in [0.2, 0.25) is 5.91 Å². The first kappa shape index (κ1) is 20.8. The van der Waals surface area contributed by atoms with Gasteiger partial charge in [0.25, 0.3) is 0 Å². The number of amides is 1. The Bertz CT molecular complexity index is 875. The third kappa shape index (κ3) is 5.74. The molecule has 146 valence electrons. The third-order valence-electron chi connectivity index (χ3n) is 3.17. The van der Waals surface area contributed by atoms with Gasteiger partial charge in [-0.25, -0.2) is 9.78 Å². The third-order valence-corrected chi connectivity index (χ3v) is 4.29. The first-order valence-electron chi connectivity index (χ1n) is 7.14. The van der Waals surface area contributed by atoms with Crippen molar-refractivity contribution in [3.63, 3.8) is 0 Å². The van der Waals surface area contributed by atoms with E-state index in [2.05, 4.69) is 9.97 Å². The first-order chi connectivity index (χ1) is 12.4. The van der Waals surface area contributed by atoms with E-state index in [-0.39, 0.29) is 11.8 Å². The van der Waals surface area contributed by atoms with Crippen molar-refractivity contribution in [3.8, 4) is 0 Å². The molecule has 1 amide bonds. The second-order valence-corrected chi connectivity index (χ2v) is 6.32. The van der Waals surface area contributed by atoms with Crippen LogP contribution in [-0.4, -0.2) is 21.6 Å². The molecule has 1 aromatic carbocycles. The minimum atomic E-state index is -5.01. The van der Waals surface area contributed by atoms with Crippen LogP contribution in [-0.2, 0) is 17.1 Å². The fourth-order valence-corrected chi connectivity index (χ4v) is 2.74. The lowest BCUT2D eigenvalue weighted by Crippen LogP contribution is -2.18. The number of nitrogens with zero attached hydrogens (tertiary/aromatic N) is 1. The van der Waals surface area contributed by atoms with E-state index < -0.39 is 40.8 Å². The molecule has 0 aliphatic heterocycles. The molecule has 0 saturated heterocycles. The van der Waals surface area contributed by atoms with E-state index in [1.807, 2.05) is 5.32 Å². The molecule has 0 spiro atoms. The number of rotatable bonds is 4. The van der Waals surface area contributed by atoms with Gasteiger partial charge in [-0.3, -0.25) is 4.79 Å². The van der Waals surface area contributed by atoms with Crippen molar-refractivity contribution < 1.29 is 31.1 Å². The van der Waals surface area contributed by atoms with Crippen molar-refractivity contribution in [2.75, 3.05) is 11.1 Å². The molecule has 0 radical (unpaired) electrons. The molecule has 0 saturated carbocycles. The van der Waals surface area contributed by atoms with Crippen LogP contribution in [0.3, 0.4) is 0 Å². The maximum Gasteiger partial charge on any atom is 0.416 e. The number of hydrogen-bond donors (Lipinski definition) is 2. The van der Waals surface area contributed by atoms with E-state index in [4.69, 9.17) is 0 Å². The second-order valence-electron chi connectivity index (χ2n) is 5.33. The van der Waals surface area contributed by atoms with Gasteiger partial charge in [0, 0.05) is 11.9 Å². The van der Waals surface area contributed by atoms with E-state index in [1.54, 1.807) is 6.92 Å². The average molecular weight is 411 g/mol. The molecule has 0 atom stereocenters. The SMILES string of the molecule is Cc1cnc(=O)[nH]c1SCC(=O)Nc1cc(C(F)(F)F)cc(C(F)(F)F)c1. The highest BCUT2D eigenvalue weighted by atomic mass is 32.2. The number of aromatic nitrogens is 2. The predicted octanol–water partition coefficient (Wildman–Crippen LogP) is 3.85. The number of nitrogens with one attached hydrogen (secondary N) is 2. The molecule has 0 aliphatic carbocycles. The number of anilines is 1. The van der Waals surface area contributed by atoms with Crippen LogP contribution in [0.15, 0.2) is 34.2 Å². The van der Waals surface area contributed by atoms with E-state index in [1.165, 1.54) is 6.20 Å². The van der Waals surface area contributed by atoms with Crippen molar-refractivity contribution in [1.29, 1.82) is 0 Å². The molecule has 0 bridgehead atoms. The van der Waals surface area contributed by atoms with Crippen LogP contribution in [0.5, 0.6) is 0 Å². The summed E-state index contributed by atoms with van der Waals surface area (Å²) in [4.78, 5) is 28.9. The molecular weight excluding hydrogens is 400 g/mol. The van der Waals surface area contributed by atoms with Crippen molar-refractivity contribution in [2.45, 2.75) is 24.3 Å². The molecule has 5 nitrogen and oxygen atoms in total. The molecule has 1 aromatic heterocycles. The van der Waals surface area contributed by atoms with Crippen LogP contribution in [0.25, 0.3) is 0 Å². The summed E-state index contributed by atoms with van der Waals surface area (Å²) in [5.41, 5.74) is -3.81. The number of benzene rings is 1. The van der Waals surface area contributed by atoms with Gasteiger partial charge < -0.3 is 10.3 Å². The number of aryl methyl sites for hydroxylation is 1. The Morgan fingerprint density at radius 2 is 1.67 bits per heavy atom. The number of alkyl halides is 6. The highest BCUT2D eigenvalue weighted by molar-refractivity contribution is 8.00. The van der Waals surface area contributed by atoms with Gasteiger partial charge in [0.1, 0.15) is 0 Å². The number of carbonyl (C=O) groups excluding carboxylic acids is 1. The van der Waals surface area contributed by atoms with Crippen molar-refractivity contribution in [3.05, 3.63) is 51.6 Å². The Labute approximate surface area is 152 Å². The molecule has 0 unspecified atom stereocenters. The number of hydrogen-bond acceptors (Lipinski definition) is 4. The first-order valence-corrected chi connectivity index (χ1v) is 8.13. The Morgan fingerprint density at radius 3 is 2.19 bits per heavy atom. The largest absolute Gasteiger partial charge is 0.416 e. The monoisotopic (exact) mass is 411 g/mol. The molecule has 0 fully saturated rings. The topological polar surface area (TPSA) is 74.8 Å². The maximum atomic E-state index is 12.8. The zero-order valence-corrected chi connectivity index (χ0v) is 14.3. The van der Waals surface area contributed by atoms with Crippen LogP contribution in [0.1, 0.15) is 16.7 Å². The van der Waals surface area contributed by atoms with Crippen LogP contribution >= 0.6 is 11.8 Å². The second kappa shape index (κ2) is 7.62. The smallest absolute Gasteiger partial charge is 0.325 e. The number of halogens is 6. The highest BCUT2D eigenvalue weighted by Gasteiger charge is 2.37. The van der Waals surface area contributed by atoms with E-state index >= 15 is 0 Å². The number of H-pyrrole nitrogens is 1. The Kier molecular flexibility index (Phi) is 5.88. The fraction of sp³-hybridized carbons (Fsp3) is 0.267. The Hall–Kier alpha value is -2.50. The summed E-state index contributed by atoms with van der Waals surface area (Å²) >= 11 is 0.856. The quantitative estimate of drug-likeness (QED) is 0.455. The lowest BCUT2D eigenvalue weighted by molar-refractivity contribution is -0.143. The summed E-state index contributed by atoms with van der Waals surface area (Å²) < 4.78 is 76.8. The summed E-state index contributed by atoms with van der Waals surface area (Å²) in [7, 11) is 0. The normalized spacial score (nSPS) is 12.1. The Morgan fingerprint density at radius 1 is 1.11 bits per heavy atom. The highest BCUT2D eigenvalue weighted by Crippen LogP contribution is 2.37. The lowest BCUT2D eigenvalue weighted by atomic mass is 10.1. The Balaban J connectivity index is 2.19. The van der Waals surface area contributed by atoms with Crippen LogP contribution in [0, 0.1) is 6.92 Å². The van der Waals surface area contributed by atoms with Crippen molar-refractivity contribution in [2.24, 2.45) is 0 Å². The summed E-state index contributed by atoms with van der Waals surface area (Å²) in [6.45, 7) is 1.60. The molecule has 1 heterocycles. The number of thioether (sulfide) groups is 1. The van der Waals surface area contributed by atoms with Crippen LogP contribution in [0.2, 0.25) is 0 Å². The van der Waals surface area contributed by atoms with Crippen molar-refractivity contribution in [1.82, 2.24) is 9.97 Å². The predicted molar refractivity (Wildman–Crippen MR) is 85.4 cm³/mol. The summed E-state index contributed by atoms with van der Waals surface area (Å²) in [5, 5.41) is 2.31. The fourth-order valence-electron chi connectivity index (χ4n) is 1.95. The van der Waals surface area contributed by atoms with E-state index in [0.717, 1.165) is 11.8 Å². The van der Waals surface area contributed by atoms with Crippen molar-refractivity contribution >= 4 is 23.4 Å². The van der Waals surface area contributed by atoms with Gasteiger partial charge in [-0.1, -0.05) is 11.8 Å². The molecule has 27 heavy (non-hydrogen) atoms. The number of carbonyl (C=O) groups is 1. The van der Waals surface area contributed by atoms with Gasteiger partial charge in [0.05, 0.1) is 21.9 Å². The molecule has 2 aromatic rings. The molecule has 12 heteroatoms.